The van der Waals surface area contributed by atoms with Gasteiger partial charge in [-0.1, -0.05) is 13.0 Å². The molecule has 1 aromatic carbocycles. The summed E-state index contributed by atoms with van der Waals surface area (Å²) in [4.78, 5) is 22.6. The van der Waals surface area contributed by atoms with Gasteiger partial charge in [0.2, 0.25) is 5.91 Å². The molecule has 1 atom stereocenters. The van der Waals surface area contributed by atoms with E-state index >= 15 is 0 Å². The smallest absolute Gasteiger partial charge is 0.293 e. The second-order valence-corrected chi connectivity index (χ2v) is 4.85. The van der Waals surface area contributed by atoms with E-state index in [4.69, 9.17) is 5.73 Å². The standard InChI is InChI=1S/C13H19N3O3/c1-4-13(3,8-14)12(17)15-10-6-5-9(2)7-11(10)16(18)19/h5-7H,4,8,14H2,1-3H3,(H,15,17). The third kappa shape index (κ3) is 3.29. The highest BCUT2D eigenvalue weighted by Crippen LogP contribution is 2.28. The molecule has 0 fully saturated rings. The van der Waals surface area contributed by atoms with Crippen LogP contribution in [0.4, 0.5) is 11.4 Å². The molecule has 19 heavy (non-hydrogen) atoms. The van der Waals surface area contributed by atoms with Crippen molar-refractivity contribution in [3.63, 3.8) is 0 Å². The van der Waals surface area contributed by atoms with Gasteiger partial charge in [0.1, 0.15) is 5.69 Å². The highest BCUT2D eigenvalue weighted by molar-refractivity contribution is 5.97. The minimum Gasteiger partial charge on any atom is -0.329 e. The molecular formula is C13H19N3O3. The fraction of sp³-hybridized carbons (Fsp3) is 0.462. The Hall–Kier alpha value is -1.95. The van der Waals surface area contributed by atoms with Crippen LogP contribution in [0.5, 0.6) is 0 Å². The van der Waals surface area contributed by atoms with Gasteiger partial charge in [-0.3, -0.25) is 14.9 Å². The van der Waals surface area contributed by atoms with Crippen molar-refractivity contribution >= 4 is 17.3 Å². The molecule has 0 saturated heterocycles. The minimum absolute atomic E-state index is 0.108. The summed E-state index contributed by atoms with van der Waals surface area (Å²) in [7, 11) is 0. The van der Waals surface area contributed by atoms with Crippen LogP contribution in [0.25, 0.3) is 0 Å². The van der Waals surface area contributed by atoms with Gasteiger partial charge in [0, 0.05) is 12.6 Å². The first kappa shape index (κ1) is 15.1. The van der Waals surface area contributed by atoms with Crippen LogP contribution in [0.3, 0.4) is 0 Å². The Bertz CT molecular complexity index is 496. The van der Waals surface area contributed by atoms with Gasteiger partial charge in [0.15, 0.2) is 0 Å². The number of benzene rings is 1. The van der Waals surface area contributed by atoms with E-state index in [1.54, 1.807) is 19.9 Å². The first-order valence-electron chi connectivity index (χ1n) is 6.10. The predicted octanol–water partition coefficient (Wildman–Crippen LogP) is 2.22. The third-order valence-corrected chi connectivity index (χ3v) is 3.38. The number of rotatable bonds is 5. The van der Waals surface area contributed by atoms with Crippen molar-refractivity contribution in [3.05, 3.63) is 33.9 Å². The fourth-order valence-corrected chi connectivity index (χ4v) is 1.57. The molecule has 3 N–H and O–H groups in total. The Morgan fingerprint density at radius 3 is 2.63 bits per heavy atom. The van der Waals surface area contributed by atoms with Crippen LogP contribution in [-0.2, 0) is 4.79 Å². The summed E-state index contributed by atoms with van der Waals surface area (Å²) in [5.74, 6) is -0.301. The lowest BCUT2D eigenvalue weighted by atomic mass is 9.86. The number of amides is 1. The van der Waals surface area contributed by atoms with Gasteiger partial charge >= 0.3 is 0 Å². The summed E-state index contributed by atoms with van der Waals surface area (Å²) < 4.78 is 0. The zero-order valence-electron chi connectivity index (χ0n) is 11.4. The van der Waals surface area contributed by atoms with Gasteiger partial charge in [-0.25, -0.2) is 0 Å². The Balaban J connectivity index is 3.06. The Kier molecular flexibility index (Phi) is 4.61. The topological polar surface area (TPSA) is 98.3 Å². The zero-order valence-corrected chi connectivity index (χ0v) is 11.4. The molecule has 0 heterocycles. The molecule has 0 aromatic heterocycles. The Morgan fingerprint density at radius 2 is 2.16 bits per heavy atom. The predicted molar refractivity (Wildman–Crippen MR) is 73.9 cm³/mol. The number of nitrogens with one attached hydrogen (secondary N) is 1. The second-order valence-electron chi connectivity index (χ2n) is 4.85. The van der Waals surface area contributed by atoms with E-state index in [2.05, 4.69) is 5.32 Å². The lowest BCUT2D eigenvalue weighted by molar-refractivity contribution is -0.384. The van der Waals surface area contributed by atoms with Crippen LogP contribution >= 0.6 is 0 Å². The maximum atomic E-state index is 12.1. The maximum absolute atomic E-state index is 12.1. The van der Waals surface area contributed by atoms with Gasteiger partial charge in [-0.2, -0.15) is 0 Å². The van der Waals surface area contributed by atoms with E-state index in [9.17, 15) is 14.9 Å². The first-order valence-corrected chi connectivity index (χ1v) is 6.10. The van der Waals surface area contributed by atoms with Gasteiger partial charge in [0.25, 0.3) is 5.69 Å². The van der Waals surface area contributed by atoms with Crippen molar-refractivity contribution in [2.24, 2.45) is 11.1 Å². The van der Waals surface area contributed by atoms with E-state index in [1.165, 1.54) is 12.1 Å². The lowest BCUT2D eigenvalue weighted by Crippen LogP contribution is -2.39. The van der Waals surface area contributed by atoms with Crippen molar-refractivity contribution < 1.29 is 9.72 Å². The number of aryl methyl sites for hydroxylation is 1. The Morgan fingerprint density at radius 1 is 1.53 bits per heavy atom. The number of nitrogens with zero attached hydrogens (tertiary/aromatic N) is 1. The maximum Gasteiger partial charge on any atom is 0.293 e. The van der Waals surface area contributed by atoms with E-state index in [1.807, 2.05) is 6.92 Å². The normalized spacial score (nSPS) is 13.7. The molecule has 104 valence electrons. The highest BCUT2D eigenvalue weighted by Gasteiger charge is 2.31. The molecule has 1 unspecified atom stereocenters. The Labute approximate surface area is 112 Å². The van der Waals surface area contributed by atoms with Crippen molar-refractivity contribution in [1.82, 2.24) is 0 Å². The van der Waals surface area contributed by atoms with E-state index in [-0.39, 0.29) is 23.8 Å². The molecule has 0 bridgehead atoms. The lowest BCUT2D eigenvalue weighted by Gasteiger charge is -2.24. The van der Waals surface area contributed by atoms with Gasteiger partial charge in [-0.05, 0) is 31.9 Å². The summed E-state index contributed by atoms with van der Waals surface area (Å²) in [6.07, 6.45) is 0.564. The van der Waals surface area contributed by atoms with Crippen molar-refractivity contribution in [1.29, 1.82) is 0 Å². The number of carbonyl (C=O) groups is 1. The summed E-state index contributed by atoms with van der Waals surface area (Å²) in [5.41, 5.74) is 5.74. The number of anilines is 1. The molecular weight excluding hydrogens is 246 g/mol. The molecule has 1 amide bonds. The van der Waals surface area contributed by atoms with Crippen LogP contribution in [0, 0.1) is 22.5 Å². The minimum atomic E-state index is -0.723. The molecule has 0 saturated carbocycles. The van der Waals surface area contributed by atoms with Gasteiger partial charge < -0.3 is 11.1 Å². The number of carbonyl (C=O) groups excluding carboxylic acids is 1. The average molecular weight is 265 g/mol. The highest BCUT2D eigenvalue weighted by atomic mass is 16.6. The summed E-state index contributed by atoms with van der Waals surface area (Å²) in [5, 5.41) is 13.6. The van der Waals surface area contributed by atoms with Gasteiger partial charge in [0.05, 0.1) is 10.3 Å². The molecule has 6 heteroatoms. The number of nitro groups is 1. The molecule has 0 radical (unpaired) electrons. The summed E-state index contributed by atoms with van der Waals surface area (Å²) in [6.45, 7) is 5.54. The van der Waals surface area contributed by atoms with E-state index in [0.717, 1.165) is 5.56 Å². The van der Waals surface area contributed by atoms with E-state index < -0.39 is 10.3 Å². The number of hydrogen-bond donors (Lipinski definition) is 2. The van der Waals surface area contributed by atoms with Crippen LogP contribution in [-0.4, -0.2) is 17.4 Å². The van der Waals surface area contributed by atoms with Gasteiger partial charge in [-0.15, -0.1) is 0 Å². The van der Waals surface area contributed by atoms with Crippen LogP contribution in [0.1, 0.15) is 25.8 Å². The van der Waals surface area contributed by atoms with E-state index in [0.29, 0.717) is 6.42 Å². The molecule has 6 nitrogen and oxygen atoms in total. The number of hydrogen-bond acceptors (Lipinski definition) is 4. The quantitative estimate of drug-likeness (QED) is 0.630. The molecule has 0 aliphatic carbocycles. The van der Waals surface area contributed by atoms with Crippen molar-refractivity contribution in [3.8, 4) is 0 Å². The summed E-state index contributed by atoms with van der Waals surface area (Å²) in [6, 6.07) is 4.69. The first-order chi connectivity index (χ1) is 8.84. The molecule has 0 aliphatic heterocycles. The average Bonchev–Trinajstić information content (AvgIpc) is 2.39. The number of nitro benzene ring substituents is 1. The fourth-order valence-electron chi connectivity index (χ4n) is 1.57. The van der Waals surface area contributed by atoms with Crippen molar-refractivity contribution in [2.45, 2.75) is 27.2 Å². The SMILES string of the molecule is CCC(C)(CN)C(=O)Nc1ccc(C)cc1[N+](=O)[O-]. The second kappa shape index (κ2) is 5.79. The van der Waals surface area contributed by atoms with Crippen LogP contribution in [0.15, 0.2) is 18.2 Å². The molecule has 1 rings (SSSR count). The summed E-state index contributed by atoms with van der Waals surface area (Å²) >= 11 is 0. The van der Waals surface area contributed by atoms with Crippen molar-refractivity contribution in [2.75, 3.05) is 11.9 Å². The van der Waals surface area contributed by atoms with Crippen LogP contribution in [0.2, 0.25) is 0 Å². The molecule has 1 aromatic rings. The molecule has 0 spiro atoms. The monoisotopic (exact) mass is 265 g/mol. The zero-order chi connectivity index (χ0) is 14.6. The number of nitrogens with two attached hydrogens (primary N) is 1. The molecule has 0 aliphatic rings. The third-order valence-electron chi connectivity index (χ3n) is 3.38. The largest absolute Gasteiger partial charge is 0.329 e. The van der Waals surface area contributed by atoms with Crippen LogP contribution < -0.4 is 11.1 Å².